The molecule has 2 aromatic carbocycles. The number of aromatic nitrogens is 5. The van der Waals surface area contributed by atoms with Crippen LogP contribution in [0.2, 0.25) is 0 Å². The largest absolute Gasteiger partial charge is 0.493 e. The van der Waals surface area contributed by atoms with Crippen LogP contribution in [-0.4, -0.2) is 31.7 Å². The maximum absolute atomic E-state index is 5.65. The Kier molecular flexibility index (Phi) is 4.42. The van der Waals surface area contributed by atoms with E-state index in [2.05, 4.69) is 20.5 Å². The highest BCUT2D eigenvalue weighted by molar-refractivity contribution is 5.65. The second kappa shape index (κ2) is 7.03. The normalized spacial score (nSPS) is 10.9. The molecule has 0 aliphatic rings. The van der Waals surface area contributed by atoms with Gasteiger partial charge in [-0.2, -0.15) is 4.98 Å². The molecule has 2 heterocycles. The number of hydrogen-bond donors (Lipinski definition) is 0. The molecule has 0 bridgehead atoms. The molecule has 0 amide bonds. The van der Waals surface area contributed by atoms with E-state index in [1.807, 2.05) is 69.3 Å². The van der Waals surface area contributed by atoms with E-state index in [0.717, 1.165) is 22.5 Å². The first-order valence-electron chi connectivity index (χ1n) is 8.73. The van der Waals surface area contributed by atoms with Gasteiger partial charge in [-0.1, -0.05) is 34.6 Å². The van der Waals surface area contributed by atoms with E-state index in [-0.39, 0.29) is 0 Å². The summed E-state index contributed by atoms with van der Waals surface area (Å²) in [7, 11) is 0. The molecule has 0 unspecified atom stereocenters. The van der Waals surface area contributed by atoms with Crippen molar-refractivity contribution in [1.29, 1.82) is 0 Å². The van der Waals surface area contributed by atoms with Gasteiger partial charge >= 0.3 is 0 Å². The van der Waals surface area contributed by atoms with E-state index in [1.54, 1.807) is 4.68 Å². The maximum Gasteiger partial charge on any atom is 0.280 e. The zero-order valence-electron chi connectivity index (χ0n) is 15.4. The van der Waals surface area contributed by atoms with Crippen LogP contribution in [0, 0.1) is 13.8 Å². The third kappa shape index (κ3) is 3.19. The van der Waals surface area contributed by atoms with E-state index in [9.17, 15) is 0 Å². The standard InChI is InChI=1S/C20H19N5O2/c1-4-26-17-11-6-5-10-16(17)19-21-20(27-23-19)18-14(3)25(24-22-18)15-9-7-8-13(2)12-15/h5-12H,4H2,1-3H3. The van der Waals surface area contributed by atoms with Crippen molar-refractivity contribution in [2.24, 2.45) is 0 Å². The average molecular weight is 361 g/mol. The molecule has 0 spiro atoms. The lowest BCUT2D eigenvalue weighted by molar-refractivity contribution is 0.341. The van der Waals surface area contributed by atoms with Gasteiger partial charge in [-0.3, -0.25) is 0 Å². The van der Waals surface area contributed by atoms with Crippen molar-refractivity contribution in [2.45, 2.75) is 20.8 Å². The van der Waals surface area contributed by atoms with Crippen molar-refractivity contribution in [2.75, 3.05) is 6.61 Å². The summed E-state index contributed by atoms with van der Waals surface area (Å²) in [4.78, 5) is 4.51. The van der Waals surface area contributed by atoms with Gasteiger partial charge in [-0.25, -0.2) is 4.68 Å². The van der Waals surface area contributed by atoms with Gasteiger partial charge in [0.05, 0.1) is 23.6 Å². The monoisotopic (exact) mass is 361 g/mol. The number of benzene rings is 2. The third-order valence-electron chi connectivity index (χ3n) is 4.20. The van der Waals surface area contributed by atoms with Gasteiger partial charge in [-0.05, 0) is 50.6 Å². The summed E-state index contributed by atoms with van der Waals surface area (Å²) in [5.41, 5.74) is 4.25. The molecular weight excluding hydrogens is 342 g/mol. The number of nitrogens with zero attached hydrogens (tertiary/aromatic N) is 5. The summed E-state index contributed by atoms with van der Waals surface area (Å²) >= 11 is 0. The first kappa shape index (κ1) is 17.0. The number of ether oxygens (including phenoxy) is 1. The molecule has 27 heavy (non-hydrogen) atoms. The molecule has 136 valence electrons. The molecule has 0 saturated carbocycles. The van der Waals surface area contributed by atoms with Gasteiger partial charge in [0.2, 0.25) is 5.82 Å². The molecule has 0 atom stereocenters. The summed E-state index contributed by atoms with van der Waals surface area (Å²) < 4.78 is 12.9. The summed E-state index contributed by atoms with van der Waals surface area (Å²) in [6.07, 6.45) is 0. The molecule has 0 saturated heterocycles. The van der Waals surface area contributed by atoms with Crippen LogP contribution in [0.15, 0.2) is 53.1 Å². The molecule has 0 aliphatic carbocycles. The van der Waals surface area contributed by atoms with Crippen LogP contribution in [0.5, 0.6) is 5.75 Å². The lowest BCUT2D eigenvalue weighted by atomic mass is 10.2. The zero-order valence-corrected chi connectivity index (χ0v) is 15.4. The summed E-state index contributed by atoms with van der Waals surface area (Å²) in [5, 5.41) is 12.6. The van der Waals surface area contributed by atoms with Gasteiger partial charge in [0.25, 0.3) is 5.89 Å². The van der Waals surface area contributed by atoms with Gasteiger partial charge in [0, 0.05) is 0 Å². The SMILES string of the molecule is CCOc1ccccc1-c1noc(-c2nnn(-c3cccc(C)c3)c2C)n1. The molecular formula is C20H19N5O2. The topological polar surface area (TPSA) is 78.9 Å². The Bertz CT molecular complexity index is 1080. The Labute approximate surface area is 156 Å². The van der Waals surface area contributed by atoms with Crippen LogP contribution in [0.1, 0.15) is 18.2 Å². The van der Waals surface area contributed by atoms with Gasteiger partial charge in [0.1, 0.15) is 5.75 Å². The molecule has 2 aromatic heterocycles. The quantitative estimate of drug-likeness (QED) is 0.535. The van der Waals surface area contributed by atoms with Gasteiger partial charge < -0.3 is 9.26 Å². The second-order valence-corrected chi connectivity index (χ2v) is 6.13. The van der Waals surface area contributed by atoms with Crippen LogP contribution in [0.25, 0.3) is 28.7 Å². The van der Waals surface area contributed by atoms with Crippen LogP contribution in [-0.2, 0) is 0 Å². The predicted octanol–water partition coefficient (Wildman–Crippen LogP) is 4.00. The summed E-state index contributed by atoms with van der Waals surface area (Å²) in [6.45, 7) is 6.46. The van der Waals surface area contributed by atoms with E-state index >= 15 is 0 Å². The lowest BCUT2D eigenvalue weighted by Gasteiger charge is -2.05. The highest BCUT2D eigenvalue weighted by Gasteiger charge is 2.20. The van der Waals surface area contributed by atoms with Crippen molar-refractivity contribution in [3.63, 3.8) is 0 Å². The number of para-hydroxylation sites is 1. The first-order chi connectivity index (χ1) is 13.2. The predicted molar refractivity (Wildman–Crippen MR) is 101 cm³/mol. The first-order valence-corrected chi connectivity index (χ1v) is 8.73. The number of rotatable bonds is 5. The zero-order chi connectivity index (χ0) is 18.8. The van der Waals surface area contributed by atoms with Crippen LogP contribution >= 0.6 is 0 Å². The second-order valence-electron chi connectivity index (χ2n) is 6.13. The van der Waals surface area contributed by atoms with Crippen molar-refractivity contribution < 1.29 is 9.26 Å². The molecule has 4 rings (SSSR count). The fourth-order valence-electron chi connectivity index (χ4n) is 2.89. The minimum absolute atomic E-state index is 0.327. The molecule has 0 N–H and O–H groups in total. The van der Waals surface area contributed by atoms with Crippen LogP contribution in [0.3, 0.4) is 0 Å². The Morgan fingerprint density at radius 1 is 1.07 bits per heavy atom. The minimum Gasteiger partial charge on any atom is -0.493 e. The number of hydrogen-bond acceptors (Lipinski definition) is 6. The van der Waals surface area contributed by atoms with E-state index in [1.165, 1.54) is 0 Å². The summed E-state index contributed by atoms with van der Waals surface area (Å²) in [6, 6.07) is 15.7. The van der Waals surface area contributed by atoms with E-state index in [4.69, 9.17) is 9.26 Å². The summed E-state index contributed by atoms with van der Waals surface area (Å²) in [5.74, 6) is 1.50. The van der Waals surface area contributed by atoms with Gasteiger partial charge in [0.15, 0.2) is 5.69 Å². The highest BCUT2D eigenvalue weighted by atomic mass is 16.5. The van der Waals surface area contributed by atoms with E-state index < -0.39 is 0 Å². The van der Waals surface area contributed by atoms with Gasteiger partial charge in [-0.15, -0.1) is 5.10 Å². The Balaban J connectivity index is 1.71. The van der Waals surface area contributed by atoms with Crippen molar-refractivity contribution in [1.82, 2.24) is 25.1 Å². The van der Waals surface area contributed by atoms with Crippen LogP contribution < -0.4 is 4.74 Å². The van der Waals surface area contributed by atoms with Crippen molar-refractivity contribution in [3.05, 3.63) is 59.8 Å². The minimum atomic E-state index is 0.327. The average Bonchev–Trinajstić information content (AvgIpc) is 3.29. The molecule has 0 radical (unpaired) electrons. The van der Waals surface area contributed by atoms with E-state index in [0.29, 0.717) is 29.8 Å². The van der Waals surface area contributed by atoms with Crippen molar-refractivity contribution in [3.8, 4) is 34.4 Å². The fourth-order valence-corrected chi connectivity index (χ4v) is 2.89. The molecule has 7 nitrogen and oxygen atoms in total. The lowest BCUT2D eigenvalue weighted by Crippen LogP contribution is -1.99. The highest BCUT2D eigenvalue weighted by Crippen LogP contribution is 2.30. The number of aryl methyl sites for hydroxylation is 1. The van der Waals surface area contributed by atoms with Crippen LogP contribution in [0.4, 0.5) is 0 Å². The Morgan fingerprint density at radius 2 is 1.93 bits per heavy atom. The maximum atomic E-state index is 5.65. The molecule has 7 heteroatoms. The third-order valence-corrected chi connectivity index (χ3v) is 4.20. The molecule has 0 aliphatic heterocycles. The Hall–Kier alpha value is -3.48. The molecule has 0 fully saturated rings. The smallest absolute Gasteiger partial charge is 0.280 e. The Morgan fingerprint density at radius 3 is 2.74 bits per heavy atom. The van der Waals surface area contributed by atoms with Crippen molar-refractivity contribution >= 4 is 0 Å². The molecule has 4 aromatic rings. The fraction of sp³-hybridized carbons (Fsp3) is 0.200.